The average Bonchev–Trinajstić information content (AvgIpc) is 3.26. The molecule has 0 fully saturated rings. The van der Waals surface area contributed by atoms with E-state index in [1.54, 1.807) is 11.8 Å². The minimum atomic E-state index is -1.09. The topological polar surface area (TPSA) is 73.7 Å². The van der Waals surface area contributed by atoms with Gasteiger partial charge in [-0.25, -0.2) is 4.98 Å². The fraction of sp³-hybridized carbons (Fsp3) is 0.250. The number of ether oxygens (including phenoxy) is 2. The van der Waals surface area contributed by atoms with Gasteiger partial charge >= 0.3 is 5.97 Å². The Morgan fingerprint density at radius 2 is 1.63 bits per heavy atom. The summed E-state index contributed by atoms with van der Waals surface area (Å²) in [6.07, 6.45) is 0. The Balaban J connectivity index is 1.77. The summed E-state index contributed by atoms with van der Waals surface area (Å²) in [5.74, 6) is -0.869. The summed E-state index contributed by atoms with van der Waals surface area (Å²) in [5.41, 5.74) is 3.26. The molecule has 7 heteroatoms. The van der Waals surface area contributed by atoms with Crippen LogP contribution < -0.4 is 9.64 Å². The van der Waals surface area contributed by atoms with Crippen LogP contribution in [-0.4, -0.2) is 34.6 Å². The van der Waals surface area contributed by atoms with Gasteiger partial charge in [-0.15, -0.1) is 0 Å². The third-order valence-electron chi connectivity index (χ3n) is 6.21. The molecule has 1 aromatic heterocycles. The minimum Gasteiger partial charge on any atom is -0.494 e. The van der Waals surface area contributed by atoms with Gasteiger partial charge in [-0.05, 0) is 37.6 Å². The highest BCUT2D eigenvalue weighted by molar-refractivity contribution is 6.08. The molecular weight excluding hydrogens is 442 g/mol. The van der Waals surface area contributed by atoms with Crippen molar-refractivity contribution in [2.24, 2.45) is 5.92 Å². The highest BCUT2D eigenvalue weighted by Gasteiger charge is 2.48. The molecule has 0 unspecified atom stereocenters. The fourth-order valence-corrected chi connectivity index (χ4v) is 4.75. The van der Waals surface area contributed by atoms with Crippen LogP contribution in [0.3, 0.4) is 0 Å². The summed E-state index contributed by atoms with van der Waals surface area (Å²) in [7, 11) is 0. The zero-order chi connectivity index (χ0) is 24.4. The van der Waals surface area contributed by atoms with E-state index in [0.29, 0.717) is 24.8 Å². The molecule has 0 N–H and O–H groups in total. The van der Waals surface area contributed by atoms with Crippen LogP contribution in [-0.2, 0) is 20.9 Å². The Morgan fingerprint density at radius 1 is 0.914 bits per heavy atom. The van der Waals surface area contributed by atoms with Crippen molar-refractivity contribution in [2.45, 2.75) is 26.4 Å². The van der Waals surface area contributed by atoms with E-state index in [9.17, 15) is 9.59 Å². The molecule has 4 aromatic rings. The van der Waals surface area contributed by atoms with Crippen molar-refractivity contribution in [3.8, 4) is 5.75 Å². The number of amides is 1. The highest BCUT2D eigenvalue weighted by atomic mass is 16.5. The normalized spacial score (nSPS) is 17.3. The third kappa shape index (κ3) is 4.03. The number of para-hydroxylation sites is 3. The second-order valence-corrected chi connectivity index (χ2v) is 8.33. The Bertz CT molecular complexity index is 1370. The van der Waals surface area contributed by atoms with Crippen molar-refractivity contribution in [3.63, 3.8) is 0 Å². The number of esters is 1. The quantitative estimate of drug-likeness (QED) is 0.288. The van der Waals surface area contributed by atoms with E-state index in [1.807, 2.05) is 90.4 Å². The first kappa shape index (κ1) is 22.7. The number of hydrogen-bond acceptors (Lipinski definition) is 5. The van der Waals surface area contributed by atoms with E-state index in [4.69, 9.17) is 14.5 Å². The molecule has 35 heavy (non-hydrogen) atoms. The van der Waals surface area contributed by atoms with Crippen molar-refractivity contribution < 1.29 is 19.1 Å². The molecule has 2 atom stereocenters. The van der Waals surface area contributed by atoms with Gasteiger partial charge in [0.2, 0.25) is 11.9 Å². The van der Waals surface area contributed by atoms with Gasteiger partial charge in [0, 0.05) is 5.56 Å². The standard InChI is InChI=1S/C28H27N3O4/c1-3-34-23-17-11-8-14-20(23)25-24(27(33)35-4-2)26(32)30(18-19-12-6-5-7-13-19)28-29-21-15-9-10-16-22(21)31(25)28/h5-17,24-25H,3-4,18H2,1-2H3/t24-,25+/m0/s1. The van der Waals surface area contributed by atoms with Crippen LogP contribution in [0, 0.1) is 5.92 Å². The molecule has 0 saturated heterocycles. The maximum atomic E-state index is 14.1. The van der Waals surface area contributed by atoms with Gasteiger partial charge in [-0.3, -0.25) is 14.5 Å². The lowest BCUT2D eigenvalue weighted by Gasteiger charge is -2.38. The monoisotopic (exact) mass is 469 g/mol. The van der Waals surface area contributed by atoms with Gasteiger partial charge in [0.05, 0.1) is 36.8 Å². The first-order chi connectivity index (χ1) is 17.1. The maximum absolute atomic E-state index is 14.1. The molecule has 3 aromatic carbocycles. The van der Waals surface area contributed by atoms with E-state index < -0.39 is 17.9 Å². The number of imidazole rings is 1. The van der Waals surface area contributed by atoms with Crippen molar-refractivity contribution in [1.82, 2.24) is 9.55 Å². The highest BCUT2D eigenvalue weighted by Crippen LogP contribution is 2.44. The second kappa shape index (κ2) is 9.62. The number of nitrogens with zero attached hydrogens (tertiary/aromatic N) is 3. The summed E-state index contributed by atoms with van der Waals surface area (Å²) in [5, 5.41) is 0. The number of benzene rings is 3. The largest absolute Gasteiger partial charge is 0.494 e. The number of aromatic nitrogens is 2. The predicted molar refractivity (Wildman–Crippen MR) is 133 cm³/mol. The number of rotatable bonds is 7. The van der Waals surface area contributed by atoms with Gasteiger partial charge in [0.1, 0.15) is 5.75 Å². The molecule has 1 amide bonds. The van der Waals surface area contributed by atoms with Crippen molar-refractivity contribution >= 4 is 28.9 Å². The van der Waals surface area contributed by atoms with Crippen LogP contribution >= 0.6 is 0 Å². The summed E-state index contributed by atoms with van der Waals surface area (Å²) in [4.78, 5) is 33.9. The van der Waals surface area contributed by atoms with Crippen molar-refractivity contribution in [2.75, 3.05) is 18.1 Å². The van der Waals surface area contributed by atoms with E-state index in [2.05, 4.69) is 0 Å². The summed E-state index contributed by atoms with van der Waals surface area (Å²) >= 11 is 0. The Hall–Kier alpha value is -4.13. The van der Waals surface area contributed by atoms with E-state index in [-0.39, 0.29) is 12.5 Å². The lowest BCUT2D eigenvalue weighted by atomic mass is 9.88. The van der Waals surface area contributed by atoms with Gasteiger partial charge in [0.15, 0.2) is 5.92 Å². The molecule has 5 rings (SSSR count). The third-order valence-corrected chi connectivity index (χ3v) is 6.21. The smallest absolute Gasteiger partial charge is 0.321 e. The van der Waals surface area contributed by atoms with E-state index in [0.717, 1.165) is 22.2 Å². The molecular formula is C28H27N3O4. The fourth-order valence-electron chi connectivity index (χ4n) is 4.75. The number of hydrogen-bond donors (Lipinski definition) is 0. The Morgan fingerprint density at radius 3 is 2.40 bits per heavy atom. The Labute approximate surface area is 203 Å². The van der Waals surface area contributed by atoms with Crippen LogP contribution in [0.25, 0.3) is 11.0 Å². The van der Waals surface area contributed by atoms with Crippen LogP contribution in [0.15, 0.2) is 78.9 Å². The van der Waals surface area contributed by atoms with Crippen LogP contribution in [0.1, 0.15) is 31.0 Å². The maximum Gasteiger partial charge on any atom is 0.321 e. The number of anilines is 1. The number of fused-ring (bicyclic) bond motifs is 3. The number of carbonyl (C=O) groups excluding carboxylic acids is 2. The molecule has 178 valence electrons. The molecule has 0 saturated carbocycles. The molecule has 1 aliphatic heterocycles. The Kier molecular flexibility index (Phi) is 6.23. The van der Waals surface area contributed by atoms with Crippen LogP contribution in [0.2, 0.25) is 0 Å². The molecule has 2 heterocycles. The van der Waals surface area contributed by atoms with Crippen LogP contribution in [0.4, 0.5) is 5.95 Å². The van der Waals surface area contributed by atoms with Crippen molar-refractivity contribution in [3.05, 3.63) is 90.0 Å². The first-order valence-electron chi connectivity index (χ1n) is 11.8. The zero-order valence-electron chi connectivity index (χ0n) is 19.8. The molecule has 0 bridgehead atoms. The van der Waals surface area contributed by atoms with Gasteiger partial charge in [-0.2, -0.15) is 0 Å². The lowest BCUT2D eigenvalue weighted by Crippen LogP contribution is -2.49. The first-order valence-corrected chi connectivity index (χ1v) is 11.8. The van der Waals surface area contributed by atoms with Gasteiger partial charge < -0.3 is 14.0 Å². The van der Waals surface area contributed by atoms with Crippen LogP contribution in [0.5, 0.6) is 5.75 Å². The SMILES string of the molecule is CCOC(=O)[C@@H]1C(=O)N(Cc2ccccc2)c2nc3ccccc3n2[C@@H]1c1ccccc1OCC. The molecule has 0 radical (unpaired) electrons. The molecule has 0 spiro atoms. The predicted octanol–water partition coefficient (Wildman–Crippen LogP) is 4.75. The average molecular weight is 470 g/mol. The van der Waals surface area contributed by atoms with Gasteiger partial charge in [0.25, 0.3) is 0 Å². The van der Waals surface area contributed by atoms with E-state index in [1.165, 1.54) is 0 Å². The summed E-state index contributed by atoms with van der Waals surface area (Å²) in [6.45, 7) is 4.58. The van der Waals surface area contributed by atoms with E-state index >= 15 is 0 Å². The van der Waals surface area contributed by atoms with Crippen molar-refractivity contribution in [1.29, 1.82) is 0 Å². The van der Waals surface area contributed by atoms with Gasteiger partial charge in [-0.1, -0.05) is 60.7 Å². The molecule has 0 aliphatic carbocycles. The number of carbonyl (C=O) groups is 2. The molecule has 1 aliphatic rings. The lowest BCUT2D eigenvalue weighted by molar-refractivity contribution is -0.153. The minimum absolute atomic E-state index is 0.179. The second-order valence-electron chi connectivity index (χ2n) is 8.33. The summed E-state index contributed by atoms with van der Waals surface area (Å²) < 4.78 is 13.4. The summed E-state index contributed by atoms with van der Waals surface area (Å²) in [6, 6.07) is 24.3. The zero-order valence-corrected chi connectivity index (χ0v) is 19.8. The molecule has 7 nitrogen and oxygen atoms in total.